The van der Waals surface area contributed by atoms with E-state index < -0.39 is 6.04 Å². The van der Waals surface area contributed by atoms with E-state index in [9.17, 15) is 4.79 Å². The number of unbranched alkanes of at least 4 members (excludes halogenated alkanes) is 1. The van der Waals surface area contributed by atoms with Gasteiger partial charge in [0.1, 0.15) is 6.04 Å². The minimum Gasteiger partial charge on any atom is -0.341 e. The minimum absolute atomic E-state index is 0.0663. The second kappa shape index (κ2) is 9.19. The Labute approximate surface area is 147 Å². The molecule has 134 valence electrons. The standard InChI is InChI=1S/C20H33N3O/c1-4-5-12-22(3)15-17-10-13-23(14-11-17)20(24)19(21)18-8-6-16(2)7-9-18/h6-9,17,19H,4-5,10-15,21H2,1-3H3. The topological polar surface area (TPSA) is 49.6 Å². The SMILES string of the molecule is CCCCN(C)CC1CCN(C(=O)C(N)c2ccc(C)cc2)CC1. The number of likely N-dealkylation sites (tertiary alicyclic amines) is 1. The van der Waals surface area contributed by atoms with Crippen molar-refractivity contribution in [2.75, 3.05) is 33.2 Å². The van der Waals surface area contributed by atoms with Crippen LogP contribution in [-0.2, 0) is 4.79 Å². The molecule has 1 saturated heterocycles. The van der Waals surface area contributed by atoms with E-state index >= 15 is 0 Å². The fraction of sp³-hybridized carbons (Fsp3) is 0.650. The molecule has 1 heterocycles. The highest BCUT2D eigenvalue weighted by Crippen LogP contribution is 2.22. The van der Waals surface area contributed by atoms with Crippen molar-refractivity contribution in [2.24, 2.45) is 11.7 Å². The summed E-state index contributed by atoms with van der Waals surface area (Å²) in [7, 11) is 2.21. The Bertz CT molecular complexity index is 506. The number of carbonyl (C=O) groups excluding carboxylic acids is 1. The number of nitrogens with two attached hydrogens (primary N) is 1. The van der Waals surface area contributed by atoms with E-state index in [1.807, 2.05) is 36.1 Å². The first-order valence-corrected chi connectivity index (χ1v) is 9.30. The molecule has 1 aromatic carbocycles. The van der Waals surface area contributed by atoms with Crippen molar-refractivity contribution in [1.29, 1.82) is 0 Å². The highest BCUT2D eigenvalue weighted by Gasteiger charge is 2.27. The summed E-state index contributed by atoms with van der Waals surface area (Å²) in [6.07, 6.45) is 4.68. The van der Waals surface area contributed by atoms with Gasteiger partial charge in [0.2, 0.25) is 5.91 Å². The lowest BCUT2D eigenvalue weighted by Gasteiger charge is -2.35. The predicted molar refractivity (Wildman–Crippen MR) is 99.8 cm³/mol. The number of piperidine rings is 1. The summed E-state index contributed by atoms with van der Waals surface area (Å²) >= 11 is 0. The van der Waals surface area contributed by atoms with E-state index in [1.54, 1.807) is 0 Å². The molecular formula is C20H33N3O. The molecular weight excluding hydrogens is 298 g/mol. The first kappa shape index (κ1) is 18.9. The zero-order chi connectivity index (χ0) is 17.5. The second-order valence-electron chi connectivity index (χ2n) is 7.27. The molecule has 0 aromatic heterocycles. The molecule has 1 aromatic rings. The number of carbonyl (C=O) groups is 1. The summed E-state index contributed by atoms with van der Waals surface area (Å²) in [6, 6.07) is 7.43. The van der Waals surface area contributed by atoms with Gasteiger partial charge in [-0.15, -0.1) is 0 Å². The third-order valence-corrected chi connectivity index (χ3v) is 5.09. The molecule has 0 spiro atoms. The third kappa shape index (κ3) is 5.32. The number of rotatable bonds is 7. The Morgan fingerprint density at radius 3 is 2.50 bits per heavy atom. The lowest BCUT2D eigenvalue weighted by Crippen LogP contribution is -2.44. The van der Waals surface area contributed by atoms with Crippen molar-refractivity contribution in [1.82, 2.24) is 9.80 Å². The van der Waals surface area contributed by atoms with Crippen LogP contribution in [0, 0.1) is 12.8 Å². The molecule has 1 fully saturated rings. The highest BCUT2D eigenvalue weighted by molar-refractivity contribution is 5.83. The van der Waals surface area contributed by atoms with Gasteiger partial charge >= 0.3 is 0 Å². The van der Waals surface area contributed by atoms with Gasteiger partial charge in [-0.2, -0.15) is 0 Å². The van der Waals surface area contributed by atoms with Crippen molar-refractivity contribution >= 4 is 5.91 Å². The van der Waals surface area contributed by atoms with Crippen LogP contribution in [-0.4, -0.2) is 48.9 Å². The fourth-order valence-corrected chi connectivity index (χ4v) is 3.41. The Morgan fingerprint density at radius 1 is 1.29 bits per heavy atom. The number of hydrogen-bond donors (Lipinski definition) is 1. The zero-order valence-electron chi connectivity index (χ0n) is 15.5. The van der Waals surface area contributed by atoms with Crippen molar-refractivity contribution in [3.8, 4) is 0 Å². The molecule has 4 heteroatoms. The summed E-state index contributed by atoms with van der Waals surface area (Å²) in [6.45, 7) is 8.27. The molecule has 24 heavy (non-hydrogen) atoms. The number of nitrogens with zero attached hydrogens (tertiary/aromatic N) is 2. The lowest BCUT2D eigenvalue weighted by molar-refractivity contribution is -0.134. The normalized spacial score (nSPS) is 17.3. The summed E-state index contributed by atoms with van der Waals surface area (Å²) in [4.78, 5) is 17.0. The molecule has 0 saturated carbocycles. The summed E-state index contributed by atoms with van der Waals surface area (Å²) in [5.74, 6) is 0.767. The Kier molecular flexibility index (Phi) is 7.25. The molecule has 0 radical (unpaired) electrons. The van der Waals surface area contributed by atoms with E-state index in [0.29, 0.717) is 5.92 Å². The summed E-state index contributed by atoms with van der Waals surface area (Å²) in [5.41, 5.74) is 8.29. The Balaban J connectivity index is 1.80. The summed E-state index contributed by atoms with van der Waals surface area (Å²) in [5, 5.41) is 0. The number of hydrogen-bond acceptors (Lipinski definition) is 3. The van der Waals surface area contributed by atoms with E-state index in [4.69, 9.17) is 5.73 Å². The molecule has 0 aliphatic carbocycles. The van der Waals surface area contributed by atoms with E-state index in [-0.39, 0.29) is 5.91 Å². The average molecular weight is 332 g/mol. The van der Waals surface area contributed by atoms with Gasteiger partial charge in [0.25, 0.3) is 0 Å². The van der Waals surface area contributed by atoms with Crippen LogP contribution >= 0.6 is 0 Å². The predicted octanol–water partition coefficient (Wildman–Crippen LogP) is 2.97. The molecule has 2 N–H and O–H groups in total. The molecule has 2 rings (SSSR count). The van der Waals surface area contributed by atoms with E-state index in [0.717, 1.165) is 38.0 Å². The van der Waals surface area contributed by atoms with Crippen LogP contribution in [0.5, 0.6) is 0 Å². The van der Waals surface area contributed by atoms with Gasteiger partial charge in [-0.05, 0) is 51.3 Å². The second-order valence-corrected chi connectivity index (χ2v) is 7.27. The van der Waals surface area contributed by atoms with Crippen molar-refractivity contribution in [2.45, 2.75) is 45.6 Å². The maximum absolute atomic E-state index is 12.6. The number of amides is 1. The van der Waals surface area contributed by atoms with Crippen molar-refractivity contribution in [3.05, 3.63) is 35.4 Å². The fourth-order valence-electron chi connectivity index (χ4n) is 3.41. The largest absolute Gasteiger partial charge is 0.341 e. The average Bonchev–Trinajstić information content (AvgIpc) is 2.60. The molecule has 1 unspecified atom stereocenters. The zero-order valence-corrected chi connectivity index (χ0v) is 15.5. The first-order valence-electron chi connectivity index (χ1n) is 9.30. The van der Waals surface area contributed by atoms with Crippen LogP contribution in [0.2, 0.25) is 0 Å². The molecule has 1 aliphatic rings. The molecule has 0 bridgehead atoms. The van der Waals surface area contributed by atoms with Crippen LogP contribution in [0.4, 0.5) is 0 Å². The first-order chi connectivity index (χ1) is 11.5. The van der Waals surface area contributed by atoms with Crippen LogP contribution in [0.3, 0.4) is 0 Å². The molecule has 1 atom stereocenters. The van der Waals surface area contributed by atoms with Gasteiger partial charge in [0.15, 0.2) is 0 Å². The van der Waals surface area contributed by atoms with Crippen LogP contribution in [0.25, 0.3) is 0 Å². The van der Waals surface area contributed by atoms with Gasteiger partial charge in [0, 0.05) is 19.6 Å². The van der Waals surface area contributed by atoms with Gasteiger partial charge in [-0.3, -0.25) is 4.79 Å². The van der Waals surface area contributed by atoms with Crippen molar-refractivity contribution < 1.29 is 4.79 Å². The smallest absolute Gasteiger partial charge is 0.244 e. The van der Waals surface area contributed by atoms with Gasteiger partial charge < -0.3 is 15.5 Å². The molecule has 4 nitrogen and oxygen atoms in total. The van der Waals surface area contributed by atoms with E-state index in [1.165, 1.54) is 24.9 Å². The maximum Gasteiger partial charge on any atom is 0.244 e. The monoisotopic (exact) mass is 331 g/mol. The van der Waals surface area contributed by atoms with Gasteiger partial charge in [0.05, 0.1) is 0 Å². The van der Waals surface area contributed by atoms with E-state index in [2.05, 4.69) is 18.9 Å². The Hall–Kier alpha value is -1.39. The minimum atomic E-state index is -0.533. The van der Waals surface area contributed by atoms with Crippen LogP contribution in [0.1, 0.15) is 49.8 Å². The molecule has 1 amide bonds. The van der Waals surface area contributed by atoms with Crippen LogP contribution < -0.4 is 5.73 Å². The van der Waals surface area contributed by atoms with Gasteiger partial charge in [-0.1, -0.05) is 43.2 Å². The molecule has 1 aliphatic heterocycles. The van der Waals surface area contributed by atoms with Crippen LogP contribution in [0.15, 0.2) is 24.3 Å². The lowest BCUT2D eigenvalue weighted by atomic mass is 9.95. The Morgan fingerprint density at radius 2 is 1.92 bits per heavy atom. The summed E-state index contributed by atoms with van der Waals surface area (Å²) < 4.78 is 0. The quantitative estimate of drug-likeness (QED) is 0.836. The number of aryl methyl sites for hydroxylation is 1. The number of benzene rings is 1. The maximum atomic E-state index is 12.6. The highest BCUT2D eigenvalue weighted by atomic mass is 16.2. The van der Waals surface area contributed by atoms with Crippen molar-refractivity contribution in [3.63, 3.8) is 0 Å². The van der Waals surface area contributed by atoms with Gasteiger partial charge in [-0.25, -0.2) is 0 Å². The third-order valence-electron chi connectivity index (χ3n) is 5.09.